The highest BCUT2D eigenvalue weighted by molar-refractivity contribution is 6.28. The number of rotatable bonds is 1. The van der Waals surface area contributed by atoms with Crippen molar-refractivity contribution in [3.05, 3.63) is 41.1 Å². The van der Waals surface area contributed by atoms with Crippen LogP contribution in [0.4, 0.5) is 0 Å². The molecular formula is C12H9ClN2O. The van der Waals surface area contributed by atoms with Crippen molar-refractivity contribution in [2.45, 2.75) is 6.92 Å². The van der Waals surface area contributed by atoms with E-state index in [9.17, 15) is 0 Å². The Labute approximate surface area is 97.1 Å². The highest BCUT2D eigenvalue weighted by atomic mass is 35.5. The lowest BCUT2D eigenvalue weighted by Gasteiger charge is -1.89. The van der Waals surface area contributed by atoms with Crippen molar-refractivity contribution in [3.63, 3.8) is 0 Å². The van der Waals surface area contributed by atoms with E-state index in [1.807, 2.05) is 19.1 Å². The molecule has 80 valence electrons. The molecule has 16 heavy (non-hydrogen) atoms. The van der Waals surface area contributed by atoms with Gasteiger partial charge < -0.3 is 9.40 Å². The van der Waals surface area contributed by atoms with Crippen molar-refractivity contribution in [2.75, 3.05) is 0 Å². The van der Waals surface area contributed by atoms with Gasteiger partial charge in [0.2, 0.25) is 0 Å². The fourth-order valence-electron chi connectivity index (χ4n) is 1.68. The van der Waals surface area contributed by atoms with E-state index in [4.69, 9.17) is 16.0 Å². The van der Waals surface area contributed by atoms with Crippen LogP contribution >= 0.6 is 11.6 Å². The van der Waals surface area contributed by atoms with Gasteiger partial charge in [-0.2, -0.15) is 0 Å². The minimum Gasteiger partial charge on any atom is -0.441 e. The first-order valence-corrected chi connectivity index (χ1v) is 5.32. The lowest BCUT2D eigenvalue weighted by atomic mass is 10.2. The number of aryl methyl sites for hydroxylation is 1. The highest BCUT2D eigenvalue weighted by Crippen LogP contribution is 2.24. The summed E-state index contributed by atoms with van der Waals surface area (Å²) in [6.07, 6.45) is 0. The molecule has 0 fully saturated rings. The van der Waals surface area contributed by atoms with E-state index in [1.165, 1.54) is 5.56 Å². The van der Waals surface area contributed by atoms with Crippen LogP contribution in [0.25, 0.3) is 22.6 Å². The maximum Gasteiger partial charge on any atom is 0.194 e. The van der Waals surface area contributed by atoms with Crippen molar-refractivity contribution in [2.24, 2.45) is 0 Å². The van der Waals surface area contributed by atoms with Crippen LogP contribution in [0.3, 0.4) is 0 Å². The minimum atomic E-state index is 0.367. The average molecular weight is 233 g/mol. The summed E-state index contributed by atoms with van der Waals surface area (Å²) in [6, 6.07) is 9.57. The summed E-state index contributed by atoms with van der Waals surface area (Å²) in [4.78, 5) is 7.63. The number of fused-ring (bicyclic) bond motifs is 1. The molecule has 0 saturated carbocycles. The number of nitrogens with one attached hydrogen (secondary N) is 1. The third-order valence-corrected chi connectivity index (χ3v) is 2.65. The molecule has 1 N–H and O–H groups in total. The molecule has 2 heterocycles. The first kappa shape index (κ1) is 9.48. The fraction of sp³-hybridized carbons (Fsp3) is 0.0833. The van der Waals surface area contributed by atoms with Crippen molar-refractivity contribution >= 4 is 22.6 Å². The van der Waals surface area contributed by atoms with E-state index < -0.39 is 0 Å². The number of aromatic nitrogens is 2. The summed E-state index contributed by atoms with van der Waals surface area (Å²) >= 11 is 5.73. The molecule has 0 aliphatic carbocycles. The number of hydrogen-bond acceptors (Lipinski definition) is 2. The van der Waals surface area contributed by atoms with E-state index in [1.54, 1.807) is 12.1 Å². The molecule has 3 rings (SSSR count). The van der Waals surface area contributed by atoms with Gasteiger partial charge in [-0.25, -0.2) is 4.98 Å². The molecule has 0 amide bonds. The van der Waals surface area contributed by atoms with Gasteiger partial charge in [0, 0.05) is 0 Å². The number of imidazole rings is 1. The molecule has 3 aromatic rings. The molecule has 0 radical (unpaired) electrons. The zero-order chi connectivity index (χ0) is 11.1. The van der Waals surface area contributed by atoms with Crippen LogP contribution in [0.2, 0.25) is 5.22 Å². The summed E-state index contributed by atoms with van der Waals surface area (Å²) < 4.78 is 5.30. The Balaban J connectivity index is 2.18. The number of H-pyrrole nitrogens is 1. The number of aromatic amines is 1. The molecule has 0 atom stereocenters. The quantitative estimate of drug-likeness (QED) is 0.694. The predicted octanol–water partition coefficient (Wildman–Crippen LogP) is 3.78. The summed E-state index contributed by atoms with van der Waals surface area (Å²) in [5.74, 6) is 1.35. The first-order valence-electron chi connectivity index (χ1n) is 4.94. The predicted molar refractivity (Wildman–Crippen MR) is 63.5 cm³/mol. The second kappa shape index (κ2) is 3.39. The Bertz CT molecular complexity index is 654. The lowest BCUT2D eigenvalue weighted by molar-refractivity contribution is 0.580. The number of halogens is 1. The number of hydrogen-bond donors (Lipinski definition) is 1. The van der Waals surface area contributed by atoms with Crippen LogP contribution < -0.4 is 0 Å². The molecule has 0 bridgehead atoms. The normalized spacial score (nSPS) is 11.1. The molecule has 0 saturated heterocycles. The summed E-state index contributed by atoms with van der Waals surface area (Å²) in [5, 5.41) is 0.367. The van der Waals surface area contributed by atoms with E-state index in [-0.39, 0.29) is 0 Å². The summed E-state index contributed by atoms with van der Waals surface area (Å²) in [7, 11) is 0. The van der Waals surface area contributed by atoms with Crippen molar-refractivity contribution in [1.29, 1.82) is 0 Å². The zero-order valence-electron chi connectivity index (χ0n) is 8.62. The third-order valence-electron chi connectivity index (χ3n) is 2.44. The van der Waals surface area contributed by atoms with Crippen LogP contribution in [0.1, 0.15) is 5.56 Å². The van der Waals surface area contributed by atoms with Crippen molar-refractivity contribution < 1.29 is 4.42 Å². The van der Waals surface area contributed by atoms with E-state index in [0.29, 0.717) is 16.8 Å². The Hall–Kier alpha value is -1.74. The smallest absolute Gasteiger partial charge is 0.194 e. The van der Waals surface area contributed by atoms with Crippen LogP contribution in [0.15, 0.2) is 34.7 Å². The second-order valence-corrected chi connectivity index (χ2v) is 4.08. The number of nitrogens with zero attached hydrogens (tertiary/aromatic N) is 1. The Morgan fingerprint density at radius 3 is 2.88 bits per heavy atom. The molecular weight excluding hydrogens is 224 g/mol. The lowest BCUT2D eigenvalue weighted by Crippen LogP contribution is -1.74. The van der Waals surface area contributed by atoms with Gasteiger partial charge in [-0.3, -0.25) is 0 Å². The van der Waals surface area contributed by atoms with Crippen molar-refractivity contribution in [1.82, 2.24) is 9.97 Å². The largest absolute Gasteiger partial charge is 0.441 e. The minimum absolute atomic E-state index is 0.367. The SMILES string of the molecule is Cc1ccc2nc(-c3ccc(Cl)o3)[nH]c2c1. The standard InChI is InChI=1S/C12H9ClN2O/c1-7-2-3-8-9(6-7)15-12(14-8)10-4-5-11(13)16-10/h2-6H,1H3,(H,14,15). The van der Waals surface area contributed by atoms with E-state index in [2.05, 4.69) is 16.0 Å². The molecule has 1 aromatic carbocycles. The Morgan fingerprint density at radius 1 is 1.25 bits per heavy atom. The maximum atomic E-state index is 5.73. The molecule has 0 spiro atoms. The van der Waals surface area contributed by atoms with Gasteiger partial charge in [-0.15, -0.1) is 0 Å². The Morgan fingerprint density at radius 2 is 2.12 bits per heavy atom. The van der Waals surface area contributed by atoms with E-state index >= 15 is 0 Å². The zero-order valence-corrected chi connectivity index (χ0v) is 9.38. The van der Waals surface area contributed by atoms with E-state index in [0.717, 1.165) is 11.0 Å². The van der Waals surface area contributed by atoms with Gasteiger partial charge in [-0.05, 0) is 48.4 Å². The van der Waals surface area contributed by atoms with Crippen molar-refractivity contribution in [3.8, 4) is 11.6 Å². The Kier molecular flexibility index (Phi) is 2.01. The van der Waals surface area contributed by atoms with Crippen LogP contribution in [0.5, 0.6) is 0 Å². The van der Waals surface area contributed by atoms with Gasteiger partial charge in [0.1, 0.15) is 0 Å². The average Bonchev–Trinajstić information content (AvgIpc) is 2.83. The van der Waals surface area contributed by atoms with Crippen LogP contribution in [-0.4, -0.2) is 9.97 Å². The molecule has 0 aliphatic heterocycles. The number of furan rings is 1. The molecule has 2 aromatic heterocycles. The van der Waals surface area contributed by atoms with Gasteiger partial charge >= 0.3 is 0 Å². The van der Waals surface area contributed by atoms with Crippen LogP contribution in [-0.2, 0) is 0 Å². The molecule has 3 nitrogen and oxygen atoms in total. The summed E-state index contributed by atoms with van der Waals surface area (Å²) in [6.45, 7) is 2.05. The van der Waals surface area contributed by atoms with Gasteiger partial charge in [0.15, 0.2) is 16.8 Å². The monoisotopic (exact) mass is 232 g/mol. The highest BCUT2D eigenvalue weighted by Gasteiger charge is 2.08. The summed E-state index contributed by atoms with van der Waals surface area (Å²) in [5.41, 5.74) is 3.12. The topological polar surface area (TPSA) is 41.8 Å². The number of benzene rings is 1. The maximum absolute atomic E-state index is 5.73. The fourth-order valence-corrected chi connectivity index (χ4v) is 1.83. The first-order chi connectivity index (χ1) is 7.72. The molecule has 0 aliphatic rings. The third kappa shape index (κ3) is 1.49. The van der Waals surface area contributed by atoms with Gasteiger partial charge in [0.05, 0.1) is 11.0 Å². The molecule has 4 heteroatoms. The van der Waals surface area contributed by atoms with Gasteiger partial charge in [-0.1, -0.05) is 6.07 Å². The molecule has 0 unspecified atom stereocenters. The second-order valence-electron chi connectivity index (χ2n) is 3.71. The van der Waals surface area contributed by atoms with Gasteiger partial charge in [0.25, 0.3) is 0 Å². The van der Waals surface area contributed by atoms with Crippen LogP contribution in [0, 0.1) is 6.92 Å².